The summed E-state index contributed by atoms with van der Waals surface area (Å²) in [6, 6.07) is 6.15. The Morgan fingerprint density at radius 3 is 2.50 bits per heavy atom. The predicted molar refractivity (Wildman–Crippen MR) is 114 cm³/mol. The van der Waals surface area contributed by atoms with Gasteiger partial charge in [0.1, 0.15) is 5.82 Å². The van der Waals surface area contributed by atoms with Crippen molar-refractivity contribution in [3.63, 3.8) is 0 Å². The highest BCUT2D eigenvalue weighted by molar-refractivity contribution is 5.78. The van der Waals surface area contributed by atoms with Crippen molar-refractivity contribution < 1.29 is 19.1 Å². The highest BCUT2D eigenvalue weighted by Gasteiger charge is 2.53. The van der Waals surface area contributed by atoms with Crippen LogP contribution in [0, 0.1) is 34.9 Å². The van der Waals surface area contributed by atoms with Crippen molar-refractivity contribution >= 4 is 11.8 Å². The third-order valence-corrected chi connectivity index (χ3v) is 7.71. The van der Waals surface area contributed by atoms with Crippen molar-refractivity contribution in [2.45, 2.75) is 72.1 Å². The summed E-state index contributed by atoms with van der Waals surface area (Å²) in [5, 5.41) is 17.3. The van der Waals surface area contributed by atoms with Crippen LogP contribution < -0.4 is 10.6 Å². The minimum atomic E-state index is -0.582. The molecule has 5 nitrogen and oxygen atoms in total. The van der Waals surface area contributed by atoms with E-state index < -0.39 is 6.10 Å². The van der Waals surface area contributed by atoms with E-state index in [4.69, 9.17) is 0 Å². The first-order valence-electron chi connectivity index (χ1n) is 11.1. The molecule has 0 aliphatic heterocycles. The molecule has 7 atom stereocenters. The van der Waals surface area contributed by atoms with Gasteiger partial charge in [0.15, 0.2) is 0 Å². The number of nitrogens with one attached hydrogen (secondary N) is 2. The molecule has 3 N–H and O–H groups in total. The third-order valence-electron chi connectivity index (χ3n) is 7.71. The van der Waals surface area contributed by atoms with Gasteiger partial charge in [-0.25, -0.2) is 4.39 Å². The van der Waals surface area contributed by atoms with Crippen LogP contribution in [0.4, 0.5) is 4.39 Å². The van der Waals surface area contributed by atoms with Gasteiger partial charge in [0.25, 0.3) is 0 Å². The quantitative estimate of drug-likeness (QED) is 0.686. The highest BCUT2D eigenvalue weighted by atomic mass is 19.1. The SMILES string of the molecule is CC(=O)NC1CCC2(C)CCC(C(C)C(=O)NCc3ccc(F)cc3)C(O)C2C1C. The molecule has 0 saturated heterocycles. The number of amides is 2. The summed E-state index contributed by atoms with van der Waals surface area (Å²) in [7, 11) is 0. The van der Waals surface area contributed by atoms with E-state index in [1.807, 2.05) is 6.92 Å². The van der Waals surface area contributed by atoms with Crippen LogP contribution in [-0.4, -0.2) is 29.1 Å². The van der Waals surface area contributed by atoms with Gasteiger partial charge >= 0.3 is 0 Å². The number of hydrogen-bond acceptors (Lipinski definition) is 3. The van der Waals surface area contributed by atoms with Gasteiger partial charge in [-0.3, -0.25) is 9.59 Å². The van der Waals surface area contributed by atoms with E-state index in [1.165, 1.54) is 19.1 Å². The van der Waals surface area contributed by atoms with E-state index in [9.17, 15) is 19.1 Å². The van der Waals surface area contributed by atoms with E-state index in [0.29, 0.717) is 6.54 Å². The number of rotatable bonds is 5. The lowest BCUT2D eigenvalue weighted by Gasteiger charge is -2.56. The maximum Gasteiger partial charge on any atom is 0.223 e. The summed E-state index contributed by atoms with van der Waals surface area (Å²) in [4.78, 5) is 24.4. The second kappa shape index (κ2) is 9.04. The molecule has 0 heterocycles. The molecule has 30 heavy (non-hydrogen) atoms. The smallest absolute Gasteiger partial charge is 0.223 e. The van der Waals surface area contributed by atoms with Gasteiger partial charge in [0, 0.05) is 25.4 Å². The van der Waals surface area contributed by atoms with Crippen molar-refractivity contribution in [1.82, 2.24) is 10.6 Å². The average molecular weight is 419 g/mol. The maximum atomic E-state index is 13.1. The largest absolute Gasteiger partial charge is 0.392 e. The van der Waals surface area contributed by atoms with E-state index in [0.717, 1.165) is 31.2 Å². The molecule has 166 valence electrons. The molecule has 2 aliphatic rings. The molecule has 1 aromatic carbocycles. The summed E-state index contributed by atoms with van der Waals surface area (Å²) < 4.78 is 13.1. The fraction of sp³-hybridized carbons (Fsp3) is 0.667. The van der Waals surface area contributed by atoms with Crippen LogP contribution >= 0.6 is 0 Å². The highest BCUT2D eigenvalue weighted by Crippen LogP contribution is 2.55. The van der Waals surface area contributed by atoms with Crippen molar-refractivity contribution in [2.24, 2.45) is 29.1 Å². The first-order valence-corrected chi connectivity index (χ1v) is 11.1. The Labute approximate surface area is 178 Å². The summed E-state index contributed by atoms with van der Waals surface area (Å²) in [5.74, 6) is -0.659. The molecule has 6 heteroatoms. The number of carbonyl (C=O) groups excluding carboxylic acids is 2. The van der Waals surface area contributed by atoms with E-state index in [-0.39, 0.29) is 52.8 Å². The van der Waals surface area contributed by atoms with Gasteiger partial charge < -0.3 is 15.7 Å². The number of fused-ring (bicyclic) bond motifs is 1. The number of benzene rings is 1. The Hall–Kier alpha value is -1.95. The Balaban J connectivity index is 1.66. The third kappa shape index (κ3) is 4.69. The van der Waals surface area contributed by atoms with Crippen LogP contribution in [0.3, 0.4) is 0 Å². The van der Waals surface area contributed by atoms with Crippen LogP contribution in [0.25, 0.3) is 0 Å². The molecular weight excluding hydrogens is 383 g/mol. The van der Waals surface area contributed by atoms with E-state index >= 15 is 0 Å². The molecule has 3 rings (SSSR count). The zero-order valence-corrected chi connectivity index (χ0v) is 18.5. The Bertz CT molecular complexity index is 768. The Kier molecular flexibility index (Phi) is 6.85. The molecule has 1 aromatic rings. The Morgan fingerprint density at radius 1 is 1.23 bits per heavy atom. The Morgan fingerprint density at radius 2 is 1.87 bits per heavy atom. The topological polar surface area (TPSA) is 78.4 Å². The molecule has 2 aliphatic carbocycles. The lowest BCUT2D eigenvalue weighted by Crippen LogP contribution is -2.58. The summed E-state index contributed by atoms with van der Waals surface area (Å²) in [6.45, 7) is 8.13. The number of halogens is 1. The number of aliphatic hydroxyl groups is 1. The fourth-order valence-electron chi connectivity index (χ4n) is 5.91. The van der Waals surface area contributed by atoms with Crippen LogP contribution in [0.5, 0.6) is 0 Å². The van der Waals surface area contributed by atoms with Crippen molar-refractivity contribution in [3.8, 4) is 0 Å². The van der Waals surface area contributed by atoms with Gasteiger partial charge in [-0.2, -0.15) is 0 Å². The van der Waals surface area contributed by atoms with Crippen LogP contribution in [0.1, 0.15) is 58.9 Å². The van der Waals surface area contributed by atoms with E-state index in [1.54, 1.807) is 12.1 Å². The number of hydrogen-bond donors (Lipinski definition) is 3. The minimum Gasteiger partial charge on any atom is -0.392 e. The van der Waals surface area contributed by atoms with Gasteiger partial charge in [-0.05, 0) is 66.5 Å². The maximum absolute atomic E-state index is 13.1. The predicted octanol–water partition coefficient (Wildman–Crippen LogP) is 3.41. The molecular formula is C24H35FN2O3. The lowest BCUT2D eigenvalue weighted by molar-refractivity contribution is -0.143. The van der Waals surface area contributed by atoms with Crippen LogP contribution in [0.2, 0.25) is 0 Å². The molecule has 2 fully saturated rings. The standard InChI is InChI=1S/C24H35FN2O3/c1-14(23(30)26-13-17-5-7-18(25)8-6-17)19-9-11-24(4)12-10-20(27-16(3)28)15(2)21(24)22(19)29/h5-8,14-15,19-22,29H,9-13H2,1-4H3,(H,26,30)(H,27,28). The first kappa shape index (κ1) is 22.7. The number of carbonyl (C=O) groups is 2. The zero-order valence-electron chi connectivity index (χ0n) is 18.5. The van der Waals surface area contributed by atoms with Crippen molar-refractivity contribution in [3.05, 3.63) is 35.6 Å². The van der Waals surface area contributed by atoms with Gasteiger partial charge in [-0.1, -0.05) is 32.9 Å². The lowest BCUT2D eigenvalue weighted by atomic mass is 9.51. The molecule has 0 spiro atoms. The van der Waals surface area contributed by atoms with Gasteiger partial charge in [-0.15, -0.1) is 0 Å². The normalized spacial score (nSPS) is 34.5. The molecule has 2 amide bonds. The molecule has 2 saturated carbocycles. The van der Waals surface area contributed by atoms with Crippen molar-refractivity contribution in [1.29, 1.82) is 0 Å². The van der Waals surface area contributed by atoms with Gasteiger partial charge in [0.2, 0.25) is 11.8 Å². The second-order valence-electron chi connectivity index (χ2n) is 9.71. The average Bonchev–Trinajstić information content (AvgIpc) is 2.69. The molecule has 7 unspecified atom stereocenters. The molecule has 0 aromatic heterocycles. The minimum absolute atomic E-state index is 0.0363. The summed E-state index contributed by atoms with van der Waals surface area (Å²) in [5.41, 5.74) is 0.877. The van der Waals surface area contributed by atoms with Crippen LogP contribution in [-0.2, 0) is 16.1 Å². The number of aliphatic hydroxyl groups excluding tert-OH is 1. The monoisotopic (exact) mass is 418 g/mol. The second-order valence-corrected chi connectivity index (χ2v) is 9.71. The fourth-order valence-corrected chi connectivity index (χ4v) is 5.91. The van der Waals surface area contributed by atoms with Crippen molar-refractivity contribution in [2.75, 3.05) is 0 Å². The van der Waals surface area contributed by atoms with Crippen LogP contribution in [0.15, 0.2) is 24.3 Å². The molecule has 0 radical (unpaired) electrons. The van der Waals surface area contributed by atoms with E-state index in [2.05, 4.69) is 24.5 Å². The summed E-state index contributed by atoms with van der Waals surface area (Å²) in [6.07, 6.45) is 3.12. The first-order chi connectivity index (χ1) is 14.1. The van der Waals surface area contributed by atoms with Gasteiger partial charge in [0.05, 0.1) is 6.10 Å². The summed E-state index contributed by atoms with van der Waals surface area (Å²) >= 11 is 0. The molecule has 0 bridgehead atoms. The zero-order chi connectivity index (χ0) is 22.1.